The molecule has 0 aliphatic carbocycles. The Labute approximate surface area is 177 Å². The van der Waals surface area contributed by atoms with Gasteiger partial charge in [0.05, 0.1) is 13.2 Å². The maximum atomic E-state index is 5.25. The second kappa shape index (κ2) is 12.2. The van der Waals surface area contributed by atoms with Crippen LogP contribution in [0.5, 0.6) is 0 Å². The topological polar surface area (TPSA) is 66.6 Å². The summed E-state index contributed by atoms with van der Waals surface area (Å²) in [6.07, 6.45) is 0. The van der Waals surface area contributed by atoms with Crippen molar-refractivity contribution in [2.24, 2.45) is 0 Å². The molecule has 0 amide bonds. The minimum atomic E-state index is 0.579. The third kappa shape index (κ3) is 7.77. The van der Waals surface area contributed by atoms with E-state index in [9.17, 15) is 0 Å². The highest BCUT2D eigenvalue weighted by atomic mass is 32.1. The van der Waals surface area contributed by atoms with Gasteiger partial charge < -0.3 is 30.7 Å². The summed E-state index contributed by atoms with van der Waals surface area (Å²) in [6.45, 7) is 2.57. The van der Waals surface area contributed by atoms with E-state index in [1.807, 2.05) is 24.3 Å². The second-order valence-corrected chi connectivity index (χ2v) is 6.72. The number of ether oxygens (including phenoxy) is 2. The van der Waals surface area contributed by atoms with E-state index in [4.69, 9.17) is 33.9 Å². The minimum Gasteiger partial charge on any atom is -0.383 e. The summed E-state index contributed by atoms with van der Waals surface area (Å²) in [7, 11) is 3.32. The van der Waals surface area contributed by atoms with Crippen LogP contribution in [0.2, 0.25) is 0 Å². The van der Waals surface area contributed by atoms with Crippen LogP contribution in [-0.2, 0) is 9.47 Å². The molecule has 8 heteroatoms. The Hall–Kier alpha value is -2.26. The first-order chi connectivity index (χ1) is 13.6. The molecule has 0 bridgehead atoms. The average molecular weight is 419 g/mol. The molecule has 0 fully saturated rings. The van der Waals surface area contributed by atoms with Gasteiger partial charge in [0.25, 0.3) is 0 Å². The first-order valence-electron chi connectivity index (χ1n) is 8.90. The maximum Gasteiger partial charge on any atom is 0.170 e. The minimum absolute atomic E-state index is 0.579. The average Bonchev–Trinajstić information content (AvgIpc) is 2.70. The summed E-state index contributed by atoms with van der Waals surface area (Å²) in [5, 5.41) is 13.6. The molecule has 0 atom stereocenters. The molecule has 0 aliphatic rings. The van der Waals surface area contributed by atoms with Crippen molar-refractivity contribution in [1.82, 2.24) is 10.6 Å². The van der Waals surface area contributed by atoms with Gasteiger partial charge in [0, 0.05) is 38.7 Å². The zero-order valence-corrected chi connectivity index (χ0v) is 17.7. The summed E-state index contributed by atoms with van der Waals surface area (Å²) in [5.41, 5.74) is 4.11. The first-order valence-corrected chi connectivity index (χ1v) is 9.72. The lowest BCUT2D eigenvalue weighted by Gasteiger charge is -2.12. The molecule has 0 aliphatic heterocycles. The van der Waals surface area contributed by atoms with Crippen LogP contribution in [0.15, 0.2) is 48.5 Å². The van der Waals surface area contributed by atoms with Crippen molar-refractivity contribution in [2.75, 3.05) is 51.2 Å². The highest BCUT2D eigenvalue weighted by molar-refractivity contribution is 7.80. The monoisotopic (exact) mass is 418 g/mol. The van der Waals surface area contributed by atoms with Crippen molar-refractivity contribution in [3.8, 4) is 11.1 Å². The van der Waals surface area contributed by atoms with E-state index >= 15 is 0 Å². The van der Waals surface area contributed by atoms with E-state index in [1.165, 1.54) is 0 Å². The van der Waals surface area contributed by atoms with Crippen molar-refractivity contribution < 1.29 is 9.47 Å². The Kier molecular flexibility index (Phi) is 9.64. The molecule has 28 heavy (non-hydrogen) atoms. The predicted octanol–water partition coefficient (Wildman–Crippen LogP) is 3.22. The van der Waals surface area contributed by atoms with Crippen LogP contribution in [0.4, 0.5) is 11.4 Å². The SMILES string of the molecule is COCCNC(=S)Nc1ccc(-c2ccc(NC(=S)NCCOC)cc2)cc1. The summed E-state index contributed by atoms with van der Waals surface area (Å²) in [5.74, 6) is 0. The number of thiocarbonyl (C=S) groups is 2. The number of anilines is 2. The van der Waals surface area contributed by atoms with Crippen LogP contribution in [0.25, 0.3) is 11.1 Å². The van der Waals surface area contributed by atoms with Crippen molar-refractivity contribution in [3.05, 3.63) is 48.5 Å². The van der Waals surface area contributed by atoms with Gasteiger partial charge in [-0.05, 0) is 59.8 Å². The lowest BCUT2D eigenvalue weighted by Crippen LogP contribution is -2.31. The number of hydrogen-bond donors (Lipinski definition) is 4. The number of nitrogens with one attached hydrogen (secondary N) is 4. The molecule has 150 valence electrons. The molecular weight excluding hydrogens is 392 g/mol. The number of benzene rings is 2. The zero-order valence-electron chi connectivity index (χ0n) is 16.1. The number of rotatable bonds is 9. The van der Waals surface area contributed by atoms with E-state index in [-0.39, 0.29) is 0 Å². The number of hydrogen-bond acceptors (Lipinski definition) is 4. The summed E-state index contributed by atoms with van der Waals surface area (Å²) in [4.78, 5) is 0. The standard InChI is InChI=1S/C20H26N4O2S2/c1-25-13-11-21-19(27)23-17-7-3-15(4-8-17)16-5-9-18(10-6-16)24-20(28)22-12-14-26-2/h3-10H,11-14H2,1-2H3,(H2,21,23,27)(H2,22,24,28). The van der Waals surface area contributed by atoms with Crippen molar-refractivity contribution in [3.63, 3.8) is 0 Å². The lowest BCUT2D eigenvalue weighted by molar-refractivity contribution is 0.204. The summed E-state index contributed by atoms with van der Waals surface area (Å²) >= 11 is 10.5. The highest BCUT2D eigenvalue weighted by Gasteiger charge is 2.02. The van der Waals surface area contributed by atoms with Gasteiger partial charge in [-0.2, -0.15) is 0 Å². The zero-order chi connectivity index (χ0) is 20.2. The van der Waals surface area contributed by atoms with Gasteiger partial charge in [-0.25, -0.2) is 0 Å². The Morgan fingerprint density at radius 3 is 1.36 bits per heavy atom. The molecule has 2 aromatic rings. The van der Waals surface area contributed by atoms with Gasteiger partial charge in [0.15, 0.2) is 10.2 Å². The number of methoxy groups -OCH3 is 2. The molecule has 0 saturated carbocycles. The van der Waals surface area contributed by atoms with Gasteiger partial charge in [-0.3, -0.25) is 0 Å². The lowest BCUT2D eigenvalue weighted by atomic mass is 10.1. The third-order valence-electron chi connectivity index (χ3n) is 3.80. The quantitative estimate of drug-likeness (QED) is 0.366. The van der Waals surface area contributed by atoms with Gasteiger partial charge in [-0.15, -0.1) is 0 Å². The molecule has 0 spiro atoms. The Balaban J connectivity index is 1.87. The third-order valence-corrected chi connectivity index (χ3v) is 4.30. The molecule has 0 aromatic heterocycles. The van der Waals surface area contributed by atoms with E-state index < -0.39 is 0 Å². The molecule has 0 saturated heterocycles. The molecule has 2 aromatic carbocycles. The smallest absolute Gasteiger partial charge is 0.170 e. The van der Waals surface area contributed by atoms with Crippen LogP contribution in [0.1, 0.15) is 0 Å². The molecular formula is C20H26N4O2S2. The second-order valence-electron chi connectivity index (χ2n) is 5.90. The van der Waals surface area contributed by atoms with Crippen LogP contribution in [0, 0.1) is 0 Å². The van der Waals surface area contributed by atoms with E-state index in [1.54, 1.807) is 14.2 Å². The molecule has 0 heterocycles. The fourth-order valence-electron chi connectivity index (χ4n) is 2.38. The first kappa shape index (κ1) is 22.0. The molecule has 2 rings (SSSR count). The van der Waals surface area contributed by atoms with E-state index in [2.05, 4.69) is 45.5 Å². The predicted molar refractivity (Wildman–Crippen MR) is 124 cm³/mol. The normalized spacial score (nSPS) is 10.2. The molecule has 6 nitrogen and oxygen atoms in total. The van der Waals surface area contributed by atoms with E-state index in [0.717, 1.165) is 22.5 Å². The summed E-state index contributed by atoms with van der Waals surface area (Å²) < 4.78 is 9.98. The van der Waals surface area contributed by atoms with E-state index in [0.29, 0.717) is 36.5 Å². The van der Waals surface area contributed by atoms with Crippen LogP contribution in [-0.4, -0.2) is 50.7 Å². The van der Waals surface area contributed by atoms with Crippen molar-refractivity contribution >= 4 is 46.0 Å². The Morgan fingerprint density at radius 1 is 0.679 bits per heavy atom. The summed E-state index contributed by atoms with van der Waals surface area (Å²) in [6, 6.07) is 16.2. The largest absolute Gasteiger partial charge is 0.383 e. The van der Waals surface area contributed by atoms with Gasteiger partial charge >= 0.3 is 0 Å². The van der Waals surface area contributed by atoms with Crippen molar-refractivity contribution in [1.29, 1.82) is 0 Å². The van der Waals surface area contributed by atoms with Crippen LogP contribution >= 0.6 is 24.4 Å². The van der Waals surface area contributed by atoms with Gasteiger partial charge in [0.2, 0.25) is 0 Å². The Morgan fingerprint density at radius 2 is 1.04 bits per heavy atom. The molecule has 4 N–H and O–H groups in total. The van der Waals surface area contributed by atoms with Crippen LogP contribution < -0.4 is 21.3 Å². The maximum absolute atomic E-state index is 5.25. The molecule has 0 unspecified atom stereocenters. The molecule has 0 radical (unpaired) electrons. The van der Waals surface area contributed by atoms with Gasteiger partial charge in [-0.1, -0.05) is 24.3 Å². The van der Waals surface area contributed by atoms with Crippen LogP contribution in [0.3, 0.4) is 0 Å². The van der Waals surface area contributed by atoms with Gasteiger partial charge in [0.1, 0.15) is 0 Å². The highest BCUT2D eigenvalue weighted by Crippen LogP contribution is 2.23. The fraction of sp³-hybridized carbons (Fsp3) is 0.300. The fourth-order valence-corrected chi connectivity index (χ4v) is 2.82. The Bertz CT molecular complexity index is 686. The van der Waals surface area contributed by atoms with Crippen molar-refractivity contribution in [2.45, 2.75) is 0 Å².